The second-order valence-electron chi connectivity index (χ2n) is 7.17. The minimum Gasteiger partial charge on any atom is -0.387 e. The van der Waals surface area contributed by atoms with E-state index in [1.54, 1.807) is 0 Å². The van der Waals surface area contributed by atoms with Crippen LogP contribution in [0.25, 0.3) is 0 Å². The summed E-state index contributed by atoms with van der Waals surface area (Å²) in [5.41, 5.74) is -0.590. The number of amides is 1. The maximum absolute atomic E-state index is 12.3. The maximum Gasteiger partial charge on any atom is 0.251 e. The Morgan fingerprint density at radius 2 is 2.00 bits per heavy atom. The second kappa shape index (κ2) is 6.83. The summed E-state index contributed by atoms with van der Waals surface area (Å²) >= 11 is 0. The Morgan fingerprint density at radius 3 is 2.64 bits per heavy atom. The number of nitrogens with zero attached hydrogens (tertiary/aromatic N) is 3. The molecule has 3 aliphatic heterocycles. The first-order chi connectivity index (χ1) is 10.6. The van der Waals surface area contributed by atoms with E-state index in [-0.39, 0.29) is 12.0 Å². The number of likely N-dealkylation sites (N-methyl/N-ethyl adjacent to an activating group) is 1. The van der Waals surface area contributed by atoms with Gasteiger partial charge in [0.2, 0.25) is 0 Å². The molecular weight excluding hydrogens is 282 g/mol. The van der Waals surface area contributed by atoms with Crippen LogP contribution in [0.1, 0.15) is 25.7 Å². The smallest absolute Gasteiger partial charge is 0.251 e. The van der Waals surface area contributed by atoms with E-state index in [1.165, 1.54) is 0 Å². The predicted octanol–water partition coefficient (Wildman–Crippen LogP) is -0.234. The number of carbonyl (C=O) groups excluding carboxylic acids is 1. The second-order valence-corrected chi connectivity index (χ2v) is 7.17. The van der Waals surface area contributed by atoms with Crippen LogP contribution in [0.4, 0.5) is 0 Å². The van der Waals surface area contributed by atoms with Crippen molar-refractivity contribution >= 4 is 5.91 Å². The molecule has 0 bridgehead atoms. The largest absolute Gasteiger partial charge is 0.387 e. The van der Waals surface area contributed by atoms with Crippen molar-refractivity contribution < 1.29 is 14.6 Å². The summed E-state index contributed by atoms with van der Waals surface area (Å²) in [4.78, 5) is 18.8. The standard InChI is InChI=1S/C16H29N3O3/c1-17-6-3-5-16(21,12-17)13-18-7-9-19(10-8-18)15(20)14-4-2-11-22-14/h14,21H,2-13H2,1H3/t14-,16-/m1/s1. The van der Waals surface area contributed by atoms with Gasteiger partial charge in [-0.2, -0.15) is 0 Å². The number of likely N-dealkylation sites (tertiary alicyclic amines) is 1. The molecule has 2 atom stereocenters. The zero-order valence-corrected chi connectivity index (χ0v) is 13.7. The number of hydrogen-bond donors (Lipinski definition) is 1. The Kier molecular flexibility index (Phi) is 5.02. The molecule has 3 fully saturated rings. The molecule has 0 saturated carbocycles. The molecule has 0 unspecified atom stereocenters. The minimum atomic E-state index is -0.590. The first kappa shape index (κ1) is 16.2. The molecule has 0 spiro atoms. The lowest BCUT2D eigenvalue weighted by Gasteiger charge is -2.43. The summed E-state index contributed by atoms with van der Waals surface area (Å²) in [6.45, 7) is 6.48. The van der Waals surface area contributed by atoms with Gasteiger partial charge in [0.15, 0.2) is 0 Å². The van der Waals surface area contributed by atoms with Crippen molar-refractivity contribution in [1.82, 2.24) is 14.7 Å². The zero-order valence-electron chi connectivity index (χ0n) is 13.7. The number of rotatable bonds is 3. The van der Waals surface area contributed by atoms with Gasteiger partial charge in [0.05, 0.1) is 5.60 Å². The fraction of sp³-hybridized carbons (Fsp3) is 0.938. The van der Waals surface area contributed by atoms with Crippen molar-refractivity contribution in [2.75, 3.05) is 59.5 Å². The van der Waals surface area contributed by atoms with E-state index in [0.717, 1.165) is 78.1 Å². The van der Waals surface area contributed by atoms with Crippen LogP contribution in [-0.2, 0) is 9.53 Å². The van der Waals surface area contributed by atoms with Gasteiger partial charge in [-0.05, 0) is 39.3 Å². The van der Waals surface area contributed by atoms with Gasteiger partial charge < -0.3 is 19.6 Å². The van der Waals surface area contributed by atoms with E-state index < -0.39 is 5.60 Å². The molecule has 0 aromatic carbocycles. The van der Waals surface area contributed by atoms with Crippen molar-refractivity contribution in [1.29, 1.82) is 0 Å². The third-order valence-electron chi connectivity index (χ3n) is 5.15. The van der Waals surface area contributed by atoms with Crippen LogP contribution in [0.5, 0.6) is 0 Å². The Hall–Kier alpha value is -0.690. The molecule has 1 N–H and O–H groups in total. The van der Waals surface area contributed by atoms with Crippen LogP contribution < -0.4 is 0 Å². The molecule has 126 valence electrons. The lowest BCUT2D eigenvalue weighted by molar-refractivity contribution is -0.143. The summed E-state index contributed by atoms with van der Waals surface area (Å²) in [5.74, 6) is 0.160. The number of aliphatic hydroxyl groups is 1. The lowest BCUT2D eigenvalue weighted by atomic mass is 9.92. The highest BCUT2D eigenvalue weighted by Crippen LogP contribution is 2.22. The van der Waals surface area contributed by atoms with Crippen LogP contribution in [0, 0.1) is 0 Å². The quantitative estimate of drug-likeness (QED) is 0.780. The molecule has 0 aromatic heterocycles. The Morgan fingerprint density at radius 1 is 1.23 bits per heavy atom. The Balaban J connectivity index is 1.46. The first-order valence-electron chi connectivity index (χ1n) is 8.59. The molecule has 0 radical (unpaired) electrons. The lowest BCUT2D eigenvalue weighted by Crippen LogP contribution is -2.58. The van der Waals surface area contributed by atoms with Crippen LogP contribution in [0.3, 0.4) is 0 Å². The summed E-state index contributed by atoms with van der Waals surface area (Å²) in [6.07, 6.45) is 3.60. The van der Waals surface area contributed by atoms with Gasteiger partial charge in [-0.25, -0.2) is 0 Å². The average molecular weight is 311 g/mol. The van der Waals surface area contributed by atoms with Crippen molar-refractivity contribution in [3.05, 3.63) is 0 Å². The van der Waals surface area contributed by atoms with Crippen LogP contribution in [0.15, 0.2) is 0 Å². The first-order valence-corrected chi connectivity index (χ1v) is 8.59. The Labute approximate surface area is 133 Å². The monoisotopic (exact) mass is 311 g/mol. The highest BCUT2D eigenvalue weighted by Gasteiger charge is 2.36. The number of β-amino-alcohol motifs (C(OH)–C–C–N with tert-alkyl or cyclic N) is 1. The van der Waals surface area contributed by atoms with Gasteiger partial charge in [0.1, 0.15) is 6.10 Å². The molecule has 1 amide bonds. The summed E-state index contributed by atoms with van der Waals surface area (Å²) in [6, 6.07) is 0. The molecular formula is C16H29N3O3. The van der Waals surface area contributed by atoms with Crippen molar-refractivity contribution in [3.63, 3.8) is 0 Å². The van der Waals surface area contributed by atoms with E-state index in [4.69, 9.17) is 4.74 Å². The number of ether oxygens (including phenoxy) is 1. The van der Waals surface area contributed by atoms with E-state index in [2.05, 4.69) is 16.8 Å². The van der Waals surface area contributed by atoms with Gasteiger partial charge in [0, 0.05) is 45.9 Å². The van der Waals surface area contributed by atoms with E-state index in [0.29, 0.717) is 0 Å². The normalized spacial score (nSPS) is 35.0. The molecule has 22 heavy (non-hydrogen) atoms. The molecule has 3 heterocycles. The third kappa shape index (κ3) is 3.79. The molecule has 3 aliphatic rings. The Bertz CT molecular complexity index is 392. The fourth-order valence-corrected chi connectivity index (χ4v) is 3.99. The van der Waals surface area contributed by atoms with E-state index in [1.807, 2.05) is 4.90 Å². The van der Waals surface area contributed by atoms with Gasteiger partial charge in [-0.15, -0.1) is 0 Å². The van der Waals surface area contributed by atoms with Crippen LogP contribution in [-0.4, -0.2) is 96.9 Å². The minimum absolute atomic E-state index is 0.160. The van der Waals surface area contributed by atoms with Crippen LogP contribution in [0.2, 0.25) is 0 Å². The molecule has 6 heteroatoms. The molecule has 3 saturated heterocycles. The third-order valence-corrected chi connectivity index (χ3v) is 5.15. The maximum atomic E-state index is 12.3. The van der Waals surface area contributed by atoms with E-state index in [9.17, 15) is 9.90 Å². The van der Waals surface area contributed by atoms with Gasteiger partial charge in [-0.1, -0.05) is 0 Å². The van der Waals surface area contributed by atoms with Crippen molar-refractivity contribution in [2.24, 2.45) is 0 Å². The summed E-state index contributed by atoms with van der Waals surface area (Å²) in [5, 5.41) is 10.8. The summed E-state index contributed by atoms with van der Waals surface area (Å²) < 4.78 is 5.49. The van der Waals surface area contributed by atoms with Crippen molar-refractivity contribution in [3.8, 4) is 0 Å². The molecule has 0 aromatic rings. The highest BCUT2D eigenvalue weighted by atomic mass is 16.5. The van der Waals surface area contributed by atoms with Gasteiger partial charge in [0.25, 0.3) is 5.91 Å². The number of piperidine rings is 1. The SMILES string of the molecule is CN1CCC[C@](O)(CN2CCN(C(=O)[C@H]3CCCO3)CC2)C1. The van der Waals surface area contributed by atoms with Crippen LogP contribution >= 0.6 is 0 Å². The summed E-state index contributed by atoms with van der Waals surface area (Å²) in [7, 11) is 2.07. The average Bonchev–Trinajstić information content (AvgIpc) is 3.01. The van der Waals surface area contributed by atoms with E-state index >= 15 is 0 Å². The molecule has 6 nitrogen and oxygen atoms in total. The van der Waals surface area contributed by atoms with Gasteiger partial charge in [-0.3, -0.25) is 9.69 Å². The highest BCUT2D eigenvalue weighted by molar-refractivity contribution is 5.81. The molecule has 3 rings (SSSR count). The topological polar surface area (TPSA) is 56.2 Å². The van der Waals surface area contributed by atoms with Gasteiger partial charge >= 0.3 is 0 Å². The number of carbonyl (C=O) groups is 1. The fourth-order valence-electron chi connectivity index (χ4n) is 3.99. The number of hydrogen-bond acceptors (Lipinski definition) is 5. The number of piperazine rings is 1. The molecule has 0 aliphatic carbocycles. The zero-order chi connectivity index (χ0) is 15.6. The van der Waals surface area contributed by atoms with Crippen molar-refractivity contribution in [2.45, 2.75) is 37.4 Å². The predicted molar refractivity (Wildman–Crippen MR) is 83.7 cm³/mol.